The van der Waals surface area contributed by atoms with Gasteiger partial charge in [0.1, 0.15) is 6.04 Å². The van der Waals surface area contributed by atoms with Crippen LogP contribution in [0.4, 0.5) is 17.6 Å². The summed E-state index contributed by atoms with van der Waals surface area (Å²) in [6.07, 6.45) is 0.937. The van der Waals surface area contributed by atoms with Crippen LogP contribution in [-0.4, -0.2) is 19.1 Å². The summed E-state index contributed by atoms with van der Waals surface area (Å²) in [6.45, 7) is 1.83. The van der Waals surface area contributed by atoms with Crippen molar-refractivity contribution in [2.24, 2.45) is 11.7 Å². The Morgan fingerprint density at radius 1 is 1.23 bits per heavy atom. The fourth-order valence-corrected chi connectivity index (χ4v) is 2.29. The van der Waals surface area contributed by atoms with Crippen molar-refractivity contribution in [2.45, 2.75) is 38.6 Å². The van der Waals surface area contributed by atoms with Crippen molar-refractivity contribution >= 4 is 5.97 Å². The summed E-state index contributed by atoms with van der Waals surface area (Å²) in [5.74, 6) is -6.31. The average Bonchev–Trinajstić information content (AvgIpc) is 2.50. The predicted molar refractivity (Wildman–Crippen MR) is 73.0 cm³/mol. The second kappa shape index (κ2) is 8.12. The van der Waals surface area contributed by atoms with Gasteiger partial charge in [0.2, 0.25) is 0 Å². The molecule has 0 bridgehead atoms. The van der Waals surface area contributed by atoms with E-state index in [0.717, 1.165) is 0 Å². The minimum absolute atomic E-state index is 0.126. The summed E-state index contributed by atoms with van der Waals surface area (Å²) >= 11 is 0. The van der Waals surface area contributed by atoms with Crippen LogP contribution in [0.3, 0.4) is 0 Å². The highest BCUT2D eigenvalue weighted by Crippen LogP contribution is 2.24. The van der Waals surface area contributed by atoms with Gasteiger partial charge in [-0.1, -0.05) is 13.3 Å². The summed E-state index contributed by atoms with van der Waals surface area (Å²) < 4.78 is 57.9. The molecule has 1 rings (SSSR count). The number of ether oxygens (including phenoxy) is 1. The summed E-state index contributed by atoms with van der Waals surface area (Å²) in [5, 5.41) is 0. The number of rotatable bonds is 7. The van der Waals surface area contributed by atoms with Crippen LogP contribution in [0.5, 0.6) is 0 Å². The van der Waals surface area contributed by atoms with E-state index in [1.54, 1.807) is 0 Å². The molecule has 0 amide bonds. The molecule has 22 heavy (non-hydrogen) atoms. The Balaban J connectivity index is 2.77. The highest BCUT2D eigenvalue weighted by atomic mass is 19.2. The lowest BCUT2D eigenvalue weighted by Crippen LogP contribution is -2.33. The second-order valence-corrected chi connectivity index (χ2v) is 5.13. The predicted octanol–water partition coefficient (Wildman–Crippen LogP) is 3.09. The van der Waals surface area contributed by atoms with Gasteiger partial charge in [0.05, 0.1) is 7.11 Å². The number of carbonyl (C=O) groups is 1. The SMILES string of the molecule is CCC(CCc1c(F)c(F)cc(F)c1F)CC(N)C(=O)OC. The molecule has 2 unspecified atom stereocenters. The van der Waals surface area contributed by atoms with Crippen molar-refractivity contribution in [1.29, 1.82) is 0 Å². The Morgan fingerprint density at radius 2 is 1.77 bits per heavy atom. The number of benzene rings is 1. The van der Waals surface area contributed by atoms with Crippen LogP contribution in [0.25, 0.3) is 0 Å². The lowest BCUT2D eigenvalue weighted by Gasteiger charge is -2.18. The van der Waals surface area contributed by atoms with Crippen molar-refractivity contribution in [2.75, 3.05) is 7.11 Å². The molecule has 0 saturated heterocycles. The molecule has 2 N–H and O–H groups in total. The van der Waals surface area contributed by atoms with Gasteiger partial charge in [-0.3, -0.25) is 4.79 Å². The molecular weight excluding hydrogens is 302 g/mol. The van der Waals surface area contributed by atoms with E-state index in [1.807, 2.05) is 6.92 Å². The maximum absolute atomic E-state index is 13.6. The highest BCUT2D eigenvalue weighted by molar-refractivity contribution is 5.75. The van der Waals surface area contributed by atoms with Crippen LogP contribution in [0.1, 0.15) is 31.7 Å². The van der Waals surface area contributed by atoms with E-state index in [4.69, 9.17) is 5.73 Å². The van der Waals surface area contributed by atoms with Gasteiger partial charge in [0, 0.05) is 11.6 Å². The molecule has 0 aliphatic rings. The summed E-state index contributed by atoms with van der Waals surface area (Å²) in [4.78, 5) is 11.3. The quantitative estimate of drug-likeness (QED) is 0.477. The fraction of sp³-hybridized carbons (Fsp3) is 0.533. The molecule has 7 heteroatoms. The van der Waals surface area contributed by atoms with Crippen molar-refractivity contribution in [1.82, 2.24) is 0 Å². The Labute approximate surface area is 126 Å². The monoisotopic (exact) mass is 321 g/mol. The van der Waals surface area contributed by atoms with Crippen LogP contribution in [0.15, 0.2) is 6.07 Å². The number of methoxy groups -OCH3 is 1. The van der Waals surface area contributed by atoms with Crippen molar-refractivity contribution in [3.05, 3.63) is 34.9 Å². The van der Waals surface area contributed by atoms with Crippen LogP contribution in [-0.2, 0) is 16.0 Å². The molecule has 0 saturated carbocycles. The third-order valence-corrected chi connectivity index (χ3v) is 3.67. The first-order chi connectivity index (χ1) is 10.3. The maximum atomic E-state index is 13.6. The number of hydrogen-bond donors (Lipinski definition) is 1. The Kier molecular flexibility index (Phi) is 6.80. The van der Waals surface area contributed by atoms with Crippen LogP contribution < -0.4 is 5.73 Å². The maximum Gasteiger partial charge on any atom is 0.322 e. The molecule has 0 aliphatic carbocycles. The smallest absolute Gasteiger partial charge is 0.322 e. The Hall–Kier alpha value is -1.63. The molecule has 0 aliphatic heterocycles. The van der Waals surface area contributed by atoms with E-state index >= 15 is 0 Å². The normalized spacial score (nSPS) is 13.8. The first-order valence-electron chi connectivity index (χ1n) is 6.97. The number of halogens is 4. The molecule has 124 valence electrons. The fourth-order valence-electron chi connectivity index (χ4n) is 2.29. The third-order valence-electron chi connectivity index (χ3n) is 3.67. The van der Waals surface area contributed by atoms with Gasteiger partial charge in [0.15, 0.2) is 23.3 Å². The Bertz CT molecular complexity index is 511. The third kappa shape index (κ3) is 4.43. The number of nitrogens with two attached hydrogens (primary N) is 1. The summed E-state index contributed by atoms with van der Waals surface area (Å²) in [6, 6.07) is -0.660. The van der Waals surface area contributed by atoms with Gasteiger partial charge in [-0.25, -0.2) is 17.6 Å². The zero-order valence-corrected chi connectivity index (χ0v) is 12.5. The van der Waals surface area contributed by atoms with Crippen molar-refractivity contribution in [3.63, 3.8) is 0 Å². The molecule has 0 spiro atoms. The largest absolute Gasteiger partial charge is 0.468 e. The highest BCUT2D eigenvalue weighted by Gasteiger charge is 2.22. The molecular formula is C15H19F4NO2. The minimum atomic E-state index is -1.42. The van der Waals surface area contributed by atoms with E-state index in [9.17, 15) is 22.4 Å². The van der Waals surface area contributed by atoms with Gasteiger partial charge in [0.25, 0.3) is 0 Å². The topological polar surface area (TPSA) is 52.3 Å². The van der Waals surface area contributed by atoms with Gasteiger partial charge in [-0.2, -0.15) is 0 Å². The van der Waals surface area contributed by atoms with Crippen LogP contribution in [0.2, 0.25) is 0 Å². The molecule has 0 fully saturated rings. The average molecular weight is 321 g/mol. The first kappa shape index (κ1) is 18.4. The van der Waals surface area contributed by atoms with Crippen molar-refractivity contribution < 1.29 is 27.1 Å². The molecule has 0 radical (unpaired) electrons. The standard InChI is InChI=1S/C15H19F4NO2/c1-3-8(6-12(20)15(21)22-2)4-5-9-13(18)10(16)7-11(17)14(9)19/h7-8,12H,3-6,20H2,1-2H3. The van der Waals surface area contributed by atoms with Crippen molar-refractivity contribution in [3.8, 4) is 0 Å². The summed E-state index contributed by atoms with van der Waals surface area (Å²) in [7, 11) is 1.21. The van der Waals surface area contributed by atoms with Gasteiger partial charge < -0.3 is 10.5 Å². The second-order valence-electron chi connectivity index (χ2n) is 5.13. The number of esters is 1. The van der Waals surface area contributed by atoms with E-state index in [2.05, 4.69) is 4.74 Å². The zero-order chi connectivity index (χ0) is 16.9. The number of hydrogen-bond acceptors (Lipinski definition) is 3. The number of carbonyl (C=O) groups excluding carboxylic acids is 1. The Morgan fingerprint density at radius 3 is 2.23 bits per heavy atom. The molecule has 3 nitrogen and oxygen atoms in total. The van der Waals surface area contributed by atoms with E-state index < -0.39 is 40.8 Å². The molecule has 1 aromatic carbocycles. The lowest BCUT2D eigenvalue weighted by molar-refractivity contribution is -0.142. The summed E-state index contributed by atoms with van der Waals surface area (Å²) in [5.41, 5.74) is 5.02. The molecule has 0 aromatic heterocycles. The van der Waals surface area contributed by atoms with E-state index in [0.29, 0.717) is 6.42 Å². The van der Waals surface area contributed by atoms with Gasteiger partial charge in [-0.15, -0.1) is 0 Å². The van der Waals surface area contributed by atoms with Crippen LogP contribution in [0, 0.1) is 29.2 Å². The lowest BCUT2D eigenvalue weighted by atomic mass is 9.91. The zero-order valence-electron chi connectivity index (χ0n) is 12.5. The molecule has 0 heterocycles. The van der Waals surface area contributed by atoms with E-state index in [-0.39, 0.29) is 31.2 Å². The van der Waals surface area contributed by atoms with Gasteiger partial charge in [-0.05, 0) is 25.2 Å². The first-order valence-corrected chi connectivity index (χ1v) is 6.97. The minimum Gasteiger partial charge on any atom is -0.468 e. The van der Waals surface area contributed by atoms with Crippen LogP contribution >= 0.6 is 0 Å². The molecule has 1 aromatic rings. The van der Waals surface area contributed by atoms with E-state index in [1.165, 1.54) is 7.11 Å². The molecule has 2 atom stereocenters. The van der Waals surface area contributed by atoms with Gasteiger partial charge >= 0.3 is 5.97 Å².